The number of benzene rings is 1. The highest BCUT2D eigenvalue weighted by Crippen LogP contribution is 2.25. The molecule has 108 valence electrons. The molecular weight excluding hydrogens is 258 g/mol. The van der Waals surface area contributed by atoms with Gasteiger partial charge in [0.1, 0.15) is 0 Å². The minimum absolute atomic E-state index is 0.0372. The van der Waals surface area contributed by atoms with Gasteiger partial charge in [-0.05, 0) is 24.6 Å². The van der Waals surface area contributed by atoms with E-state index in [0.29, 0.717) is 23.5 Å². The van der Waals surface area contributed by atoms with Crippen LogP contribution in [0.5, 0.6) is 0 Å². The van der Waals surface area contributed by atoms with E-state index in [1.165, 1.54) is 7.11 Å². The van der Waals surface area contributed by atoms with Gasteiger partial charge in [0.25, 0.3) is 0 Å². The zero-order valence-electron chi connectivity index (χ0n) is 11.8. The molecular formula is C14H19N3O3. The number of esters is 1. The average molecular weight is 277 g/mol. The zero-order valence-corrected chi connectivity index (χ0v) is 11.8. The maximum Gasteiger partial charge on any atom is 0.340 e. The Labute approximate surface area is 118 Å². The summed E-state index contributed by atoms with van der Waals surface area (Å²) in [6, 6.07) is 5.07. The molecule has 1 aliphatic rings. The van der Waals surface area contributed by atoms with Gasteiger partial charge in [-0.2, -0.15) is 0 Å². The van der Waals surface area contributed by atoms with Crippen LogP contribution < -0.4 is 10.6 Å². The molecule has 20 heavy (non-hydrogen) atoms. The lowest BCUT2D eigenvalue weighted by Gasteiger charge is -2.24. The number of carbonyl (C=O) groups is 2. The van der Waals surface area contributed by atoms with Crippen LogP contribution in [0, 0.1) is 0 Å². The van der Waals surface area contributed by atoms with E-state index in [1.807, 2.05) is 4.90 Å². The molecule has 0 spiro atoms. The lowest BCUT2D eigenvalue weighted by molar-refractivity contribution is -0.127. The fourth-order valence-electron chi connectivity index (χ4n) is 2.29. The molecule has 1 aliphatic heterocycles. The molecule has 2 rings (SSSR count). The molecule has 1 fully saturated rings. The van der Waals surface area contributed by atoms with Crippen LogP contribution in [0.15, 0.2) is 18.2 Å². The van der Waals surface area contributed by atoms with Gasteiger partial charge in [0.2, 0.25) is 5.91 Å². The number of anilines is 2. The van der Waals surface area contributed by atoms with E-state index in [2.05, 4.69) is 0 Å². The Hall–Kier alpha value is -2.24. The van der Waals surface area contributed by atoms with Crippen LogP contribution in [0.1, 0.15) is 16.8 Å². The number of nitrogens with zero attached hydrogens (tertiary/aromatic N) is 2. The van der Waals surface area contributed by atoms with Gasteiger partial charge in [0.15, 0.2) is 0 Å². The molecule has 1 heterocycles. The molecule has 1 saturated heterocycles. The summed E-state index contributed by atoms with van der Waals surface area (Å²) in [7, 11) is 3.12. The molecule has 0 aromatic heterocycles. The largest absolute Gasteiger partial charge is 0.465 e. The highest BCUT2D eigenvalue weighted by molar-refractivity contribution is 5.97. The van der Waals surface area contributed by atoms with Crippen molar-refractivity contribution < 1.29 is 14.3 Å². The summed E-state index contributed by atoms with van der Waals surface area (Å²) in [5.74, 6) is -0.410. The van der Waals surface area contributed by atoms with Crippen molar-refractivity contribution in [2.24, 2.45) is 0 Å². The van der Waals surface area contributed by atoms with Gasteiger partial charge >= 0.3 is 5.97 Å². The van der Waals surface area contributed by atoms with Crippen molar-refractivity contribution in [1.82, 2.24) is 4.90 Å². The molecule has 6 nitrogen and oxygen atoms in total. The van der Waals surface area contributed by atoms with Gasteiger partial charge in [0.05, 0.1) is 24.9 Å². The number of likely N-dealkylation sites (N-methyl/N-ethyl adjacent to an activating group) is 1. The Morgan fingerprint density at radius 1 is 1.35 bits per heavy atom. The van der Waals surface area contributed by atoms with E-state index in [9.17, 15) is 9.59 Å². The quantitative estimate of drug-likeness (QED) is 0.637. The van der Waals surface area contributed by atoms with Crippen LogP contribution >= 0.6 is 0 Å². The number of amides is 1. The maximum absolute atomic E-state index is 12.0. The van der Waals surface area contributed by atoms with E-state index >= 15 is 0 Å². The van der Waals surface area contributed by atoms with Gasteiger partial charge in [-0.15, -0.1) is 0 Å². The Balaban J connectivity index is 2.36. The Morgan fingerprint density at radius 2 is 2.10 bits per heavy atom. The summed E-state index contributed by atoms with van der Waals surface area (Å²) in [6.45, 7) is 1.69. The van der Waals surface area contributed by atoms with E-state index in [1.54, 1.807) is 30.1 Å². The highest BCUT2D eigenvalue weighted by Gasteiger charge is 2.23. The van der Waals surface area contributed by atoms with Crippen LogP contribution in [0.3, 0.4) is 0 Å². The predicted molar refractivity (Wildman–Crippen MR) is 76.7 cm³/mol. The minimum atomic E-state index is -0.447. The number of ether oxygens (including phenoxy) is 1. The van der Waals surface area contributed by atoms with Crippen molar-refractivity contribution in [3.8, 4) is 0 Å². The smallest absolute Gasteiger partial charge is 0.340 e. The van der Waals surface area contributed by atoms with Crippen molar-refractivity contribution in [3.63, 3.8) is 0 Å². The Morgan fingerprint density at radius 3 is 2.80 bits per heavy atom. The minimum Gasteiger partial charge on any atom is -0.465 e. The zero-order chi connectivity index (χ0) is 14.7. The SMILES string of the molecule is COC(=O)c1cc(N)ccc1N1CCCN(C)C(=O)C1. The Bertz CT molecular complexity index is 530. The molecule has 1 aromatic rings. The van der Waals surface area contributed by atoms with E-state index < -0.39 is 5.97 Å². The van der Waals surface area contributed by atoms with Crippen molar-refractivity contribution >= 4 is 23.3 Å². The second kappa shape index (κ2) is 5.81. The molecule has 0 aliphatic carbocycles. The van der Waals surface area contributed by atoms with E-state index in [-0.39, 0.29) is 12.5 Å². The van der Waals surface area contributed by atoms with Crippen LogP contribution in [-0.2, 0) is 9.53 Å². The number of rotatable bonds is 2. The average Bonchev–Trinajstić information content (AvgIpc) is 2.60. The first-order valence-corrected chi connectivity index (χ1v) is 6.49. The molecule has 0 bridgehead atoms. The molecule has 2 N–H and O–H groups in total. The number of nitrogen functional groups attached to an aromatic ring is 1. The third-order valence-corrected chi connectivity index (χ3v) is 3.44. The number of carbonyl (C=O) groups excluding carboxylic acids is 2. The van der Waals surface area contributed by atoms with Crippen LogP contribution in [-0.4, -0.2) is 50.6 Å². The molecule has 0 saturated carbocycles. The fourth-order valence-corrected chi connectivity index (χ4v) is 2.29. The maximum atomic E-state index is 12.0. The second-order valence-electron chi connectivity index (χ2n) is 4.86. The van der Waals surface area contributed by atoms with E-state index in [4.69, 9.17) is 10.5 Å². The van der Waals surface area contributed by atoms with E-state index in [0.717, 1.165) is 13.0 Å². The van der Waals surface area contributed by atoms with Crippen molar-refractivity contribution in [2.75, 3.05) is 44.4 Å². The first-order chi connectivity index (χ1) is 9.52. The second-order valence-corrected chi connectivity index (χ2v) is 4.86. The topological polar surface area (TPSA) is 75.9 Å². The number of nitrogens with two attached hydrogens (primary N) is 1. The van der Waals surface area contributed by atoms with Crippen molar-refractivity contribution in [3.05, 3.63) is 23.8 Å². The van der Waals surface area contributed by atoms with Crippen molar-refractivity contribution in [1.29, 1.82) is 0 Å². The molecule has 1 aromatic carbocycles. The Kier molecular flexibility index (Phi) is 4.12. The molecule has 0 atom stereocenters. The van der Waals surface area contributed by atoms with Gasteiger partial charge in [-0.3, -0.25) is 4.79 Å². The monoisotopic (exact) mass is 277 g/mol. The number of hydrogen-bond acceptors (Lipinski definition) is 5. The molecule has 6 heteroatoms. The highest BCUT2D eigenvalue weighted by atomic mass is 16.5. The number of hydrogen-bond donors (Lipinski definition) is 1. The summed E-state index contributed by atoms with van der Waals surface area (Å²) in [5.41, 5.74) is 7.30. The lowest BCUT2D eigenvalue weighted by Crippen LogP contribution is -2.35. The fraction of sp³-hybridized carbons (Fsp3) is 0.429. The standard InChI is InChI=1S/C14H19N3O3/c1-16-6-3-7-17(9-13(16)18)12-5-4-10(15)8-11(12)14(19)20-2/h4-5,8H,3,6-7,9,15H2,1-2H3. The lowest BCUT2D eigenvalue weighted by atomic mass is 10.1. The summed E-state index contributed by atoms with van der Waals surface area (Å²) >= 11 is 0. The van der Waals surface area contributed by atoms with Crippen LogP contribution in [0.25, 0.3) is 0 Å². The summed E-state index contributed by atoms with van der Waals surface area (Å²) in [5, 5.41) is 0. The van der Waals surface area contributed by atoms with Gasteiger partial charge in [-0.1, -0.05) is 0 Å². The van der Waals surface area contributed by atoms with Gasteiger partial charge in [-0.25, -0.2) is 4.79 Å². The van der Waals surface area contributed by atoms with Gasteiger partial charge < -0.3 is 20.3 Å². The van der Waals surface area contributed by atoms with Crippen molar-refractivity contribution in [2.45, 2.75) is 6.42 Å². The van der Waals surface area contributed by atoms with Crippen LogP contribution in [0.4, 0.5) is 11.4 Å². The van der Waals surface area contributed by atoms with Gasteiger partial charge in [0, 0.05) is 25.8 Å². The normalized spacial score (nSPS) is 16.0. The molecule has 1 amide bonds. The molecule has 0 unspecified atom stereocenters. The summed E-state index contributed by atoms with van der Waals surface area (Å²) in [6.07, 6.45) is 0.854. The predicted octanol–water partition coefficient (Wildman–Crippen LogP) is 0.724. The first-order valence-electron chi connectivity index (χ1n) is 6.49. The summed E-state index contributed by atoms with van der Waals surface area (Å²) < 4.78 is 4.79. The summed E-state index contributed by atoms with van der Waals surface area (Å²) in [4.78, 5) is 27.4. The van der Waals surface area contributed by atoms with Crippen LogP contribution in [0.2, 0.25) is 0 Å². The third kappa shape index (κ3) is 2.84. The number of methoxy groups -OCH3 is 1. The molecule has 0 radical (unpaired) electrons. The first kappa shape index (κ1) is 14.2. The third-order valence-electron chi connectivity index (χ3n) is 3.44.